The van der Waals surface area contributed by atoms with Crippen molar-refractivity contribution in [3.63, 3.8) is 0 Å². The van der Waals surface area contributed by atoms with Crippen LogP contribution in [-0.4, -0.2) is 43.9 Å². The van der Waals surface area contributed by atoms with Crippen LogP contribution in [0.4, 0.5) is 0 Å². The molecule has 0 bridgehead atoms. The maximum Gasteiger partial charge on any atom is 0.261 e. The summed E-state index contributed by atoms with van der Waals surface area (Å²) >= 11 is 1.36. The van der Waals surface area contributed by atoms with Crippen LogP contribution < -0.4 is 5.32 Å². The minimum atomic E-state index is -3.35. The largest absolute Gasteiger partial charge is 0.314 e. The normalized spacial score (nSPS) is 19.3. The average Bonchev–Trinajstić information content (AvgIpc) is 2.67. The molecule has 0 radical (unpaired) electrons. The quantitative estimate of drug-likeness (QED) is 0.802. The Morgan fingerprint density at radius 2 is 2.13 bits per heavy atom. The molecule has 7 heteroatoms. The van der Waals surface area contributed by atoms with Gasteiger partial charge in [0.05, 0.1) is 5.01 Å². The number of nitrogens with one attached hydrogen (secondary N) is 1. The lowest BCUT2D eigenvalue weighted by Gasteiger charge is -2.25. The van der Waals surface area contributed by atoms with Crippen LogP contribution in [0.5, 0.6) is 0 Å². The topological polar surface area (TPSA) is 62.3 Å². The highest BCUT2D eigenvalue weighted by atomic mass is 32.2. The van der Waals surface area contributed by atoms with E-state index in [0.717, 1.165) is 5.01 Å². The van der Waals surface area contributed by atoms with E-state index >= 15 is 0 Å². The van der Waals surface area contributed by atoms with Gasteiger partial charge in [0.2, 0.25) is 0 Å². The number of sulfonamides is 1. The predicted octanol–water partition coefficient (Wildman–Crippen LogP) is 0.0454. The molecule has 5 nitrogen and oxygen atoms in total. The molecule has 0 saturated carbocycles. The van der Waals surface area contributed by atoms with Gasteiger partial charge in [0.15, 0.2) is 5.03 Å². The molecule has 84 valence electrons. The summed E-state index contributed by atoms with van der Waals surface area (Å²) in [5.74, 6) is 0. The number of thiazole rings is 1. The van der Waals surface area contributed by atoms with Crippen LogP contribution in [0.3, 0.4) is 0 Å². The zero-order chi connectivity index (χ0) is 10.9. The highest BCUT2D eigenvalue weighted by Gasteiger charge is 2.27. The van der Waals surface area contributed by atoms with E-state index in [4.69, 9.17) is 0 Å². The molecule has 2 rings (SSSR count). The van der Waals surface area contributed by atoms with E-state index in [9.17, 15) is 8.42 Å². The van der Waals surface area contributed by atoms with Crippen molar-refractivity contribution in [2.24, 2.45) is 0 Å². The molecular formula is C8H13N3O2S2. The highest BCUT2D eigenvalue weighted by molar-refractivity contribution is 7.89. The van der Waals surface area contributed by atoms with Crippen LogP contribution in [0.1, 0.15) is 5.01 Å². The van der Waals surface area contributed by atoms with E-state index in [1.165, 1.54) is 15.6 Å². The van der Waals surface area contributed by atoms with Crippen molar-refractivity contribution in [1.29, 1.82) is 0 Å². The van der Waals surface area contributed by atoms with Gasteiger partial charge in [-0.25, -0.2) is 13.4 Å². The standard InChI is InChI=1S/C8H13N3O2S2/c1-7-10-8(6-14-7)15(12,13)11-4-2-9-3-5-11/h6,9H,2-5H2,1H3. The van der Waals surface area contributed by atoms with Gasteiger partial charge in [-0.2, -0.15) is 4.31 Å². The smallest absolute Gasteiger partial charge is 0.261 e. The summed E-state index contributed by atoms with van der Waals surface area (Å²) < 4.78 is 25.6. The lowest BCUT2D eigenvalue weighted by atomic mass is 10.4. The van der Waals surface area contributed by atoms with Crippen molar-refractivity contribution in [1.82, 2.24) is 14.6 Å². The lowest BCUT2D eigenvalue weighted by molar-refractivity contribution is 0.359. The number of hydrogen-bond donors (Lipinski definition) is 1. The second-order valence-electron chi connectivity index (χ2n) is 3.36. The van der Waals surface area contributed by atoms with Gasteiger partial charge in [-0.15, -0.1) is 11.3 Å². The molecule has 1 aromatic rings. The van der Waals surface area contributed by atoms with Crippen LogP contribution in [0.2, 0.25) is 0 Å². The average molecular weight is 247 g/mol. The Morgan fingerprint density at radius 1 is 1.47 bits per heavy atom. The number of hydrogen-bond acceptors (Lipinski definition) is 5. The Labute approximate surface area is 93.2 Å². The van der Waals surface area contributed by atoms with Gasteiger partial charge >= 0.3 is 0 Å². The first-order valence-electron chi connectivity index (χ1n) is 4.74. The Kier molecular flexibility index (Phi) is 3.06. The zero-order valence-corrected chi connectivity index (χ0v) is 10.1. The zero-order valence-electron chi connectivity index (χ0n) is 8.43. The first kappa shape index (κ1) is 11.0. The summed E-state index contributed by atoms with van der Waals surface area (Å²) in [4.78, 5) is 4.03. The number of nitrogens with zero attached hydrogens (tertiary/aromatic N) is 2. The van der Waals surface area contributed by atoms with Crippen molar-refractivity contribution in [3.8, 4) is 0 Å². The number of aryl methyl sites for hydroxylation is 1. The first-order chi connectivity index (χ1) is 7.10. The Balaban J connectivity index is 2.26. The van der Waals surface area contributed by atoms with E-state index in [-0.39, 0.29) is 5.03 Å². The van der Waals surface area contributed by atoms with Gasteiger partial charge in [-0.05, 0) is 6.92 Å². The molecule has 1 aliphatic heterocycles. The lowest BCUT2D eigenvalue weighted by Crippen LogP contribution is -2.46. The summed E-state index contributed by atoms with van der Waals surface area (Å²) in [5, 5.41) is 5.69. The summed E-state index contributed by atoms with van der Waals surface area (Å²) in [6.45, 7) is 4.28. The van der Waals surface area contributed by atoms with Crippen LogP contribution in [0, 0.1) is 6.92 Å². The first-order valence-corrected chi connectivity index (χ1v) is 7.06. The van der Waals surface area contributed by atoms with Gasteiger partial charge in [-0.3, -0.25) is 0 Å². The van der Waals surface area contributed by atoms with Gasteiger partial charge in [0, 0.05) is 31.6 Å². The van der Waals surface area contributed by atoms with Crippen molar-refractivity contribution in [3.05, 3.63) is 10.4 Å². The van der Waals surface area contributed by atoms with Crippen LogP contribution in [0.15, 0.2) is 10.4 Å². The molecule has 0 aromatic carbocycles. The van der Waals surface area contributed by atoms with Crippen LogP contribution in [0.25, 0.3) is 0 Å². The van der Waals surface area contributed by atoms with Gasteiger partial charge < -0.3 is 5.32 Å². The molecule has 1 aliphatic rings. The fourth-order valence-corrected chi connectivity index (χ4v) is 3.82. The minimum Gasteiger partial charge on any atom is -0.314 e. The monoisotopic (exact) mass is 247 g/mol. The second-order valence-corrected chi connectivity index (χ2v) is 6.31. The van der Waals surface area contributed by atoms with E-state index in [2.05, 4.69) is 10.3 Å². The number of aromatic nitrogens is 1. The maximum absolute atomic E-state index is 12.0. The summed E-state index contributed by atoms with van der Waals surface area (Å²) in [7, 11) is -3.35. The van der Waals surface area contributed by atoms with Crippen molar-refractivity contribution < 1.29 is 8.42 Å². The van der Waals surface area contributed by atoms with E-state index < -0.39 is 10.0 Å². The molecular weight excluding hydrogens is 234 g/mol. The third-order valence-corrected chi connectivity index (χ3v) is 4.98. The van der Waals surface area contributed by atoms with Crippen LogP contribution in [-0.2, 0) is 10.0 Å². The SMILES string of the molecule is Cc1nc(S(=O)(=O)N2CCNCC2)cs1. The molecule has 1 aromatic heterocycles. The number of piperazine rings is 1. The van der Waals surface area contributed by atoms with Crippen LogP contribution >= 0.6 is 11.3 Å². The molecule has 0 atom stereocenters. The van der Waals surface area contributed by atoms with Gasteiger partial charge in [0.1, 0.15) is 0 Å². The van der Waals surface area contributed by atoms with Gasteiger partial charge in [0.25, 0.3) is 10.0 Å². The Bertz CT molecular complexity index is 434. The Hall–Kier alpha value is -0.500. The van der Waals surface area contributed by atoms with E-state index in [1.807, 2.05) is 0 Å². The summed E-state index contributed by atoms with van der Waals surface area (Å²) in [6, 6.07) is 0. The molecule has 0 spiro atoms. The Morgan fingerprint density at radius 3 is 2.67 bits per heavy atom. The molecule has 0 unspecified atom stereocenters. The molecule has 1 N–H and O–H groups in total. The van der Waals surface area contributed by atoms with Crippen molar-refractivity contribution >= 4 is 21.4 Å². The van der Waals surface area contributed by atoms with Crippen molar-refractivity contribution in [2.75, 3.05) is 26.2 Å². The fourth-order valence-electron chi connectivity index (χ4n) is 1.48. The highest BCUT2D eigenvalue weighted by Crippen LogP contribution is 2.18. The molecule has 1 saturated heterocycles. The van der Waals surface area contributed by atoms with Crippen molar-refractivity contribution in [2.45, 2.75) is 11.9 Å². The molecule has 0 aliphatic carbocycles. The molecule has 2 heterocycles. The number of rotatable bonds is 2. The summed E-state index contributed by atoms with van der Waals surface area (Å²) in [6.07, 6.45) is 0. The van der Waals surface area contributed by atoms with E-state index in [1.54, 1.807) is 12.3 Å². The second kappa shape index (κ2) is 4.17. The molecule has 1 fully saturated rings. The third-order valence-electron chi connectivity index (χ3n) is 2.28. The van der Waals surface area contributed by atoms with Gasteiger partial charge in [-0.1, -0.05) is 0 Å². The fraction of sp³-hybridized carbons (Fsp3) is 0.625. The predicted molar refractivity (Wildman–Crippen MR) is 58.5 cm³/mol. The molecule has 0 amide bonds. The minimum absolute atomic E-state index is 0.187. The third kappa shape index (κ3) is 2.20. The summed E-state index contributed by atoms with van der Waals surface area (Å²) in [5.41, 5.74) is 0. The van der Waals surface area contributed by atoms with E-state index in [0.29, 0.717) is 26.2 Å². The molecule has 15 heavy (non-hydrogen) atoms. The maximum atomic E-state index is 12.0.